The number of benzene rings is 1. The predicted molar refractivity (Wildman–Crippen MR) is 59.6 cm³/mol. The summed E-state index contributed by atoms with van der Waals surface area (Å²) in [6, 6.07) is 4.83. The molecule has 78 valence electrons. The van der Waals surface area contributed by atoms with Gasteiger partial charge in [-0.2, -0.15) is 0 Å². The molecule has 0 aliphatic heterocycles. The van der Waals surface area contributed by atoms with Gasteiger partial charge in [0.25, 0.3) is 0 Å². The monoisotopic (exact) mass is 268 g/mol. The molecule has 0 radical (unpaired) electrons. The molecule has 0 aromatic heterocycles. The van der Waals surface area contributed by atoms with E-state index in [2.05, 4.69) is 15.9 Å². The number of carbonyl (C=O) groups is 3. The first-order chi connectivity index (χ1) is 7.11. The van der Waals surface area contributed by atoms with Crippen LogP contribution in [0.3, 0.4) is 0 Å². The lowest BCUT2D eigenvalue weighted by Crippen LogP contribution is -2.06. The molecule has 1 aromatic carbocycles. The Balaban J connectivity index is 3.34. The van der Waals surface area contributed by atoms with E-state index in [1.165, 1.54) is 6.92 Å². The zero-order valence-electron chi connectivity index (χ0n) is 8.07. The third kappa shape index (κ3) is 2.39. The van der Waals surface area contributed by atoms with Gasteiger partial charge in [-0.05, 0) is 12.5 Å². The van der Waals surface area contributed by atoms with E-state index in [1.807, 2.05) is 0 Å². The van der Waals surface area contributed by atoms with Gasteiger partial charge < -0.3 is 0 Å². The third-order valence-electron chi connectivity index (χ3n) is 2.05. The van der Waals surface area contributed by atoms with Crippen molar-refractivity contribution in [2.75, 3.05) is 0 Å². The van der Waals surface area contributed by atoms with E-state index in [0.29, 0.717) is 23.7 Å². The van der Waals surface area contributed by atoms with E-state index in [-0.39, 0.29) is 11.3 Å². The van der Waals surface area contributed by atoms with Crippen molar-refractivity contribution in [1.29, 1.82) is 0 Å². The fourth-order valence-electron chi connectivity index (χ4n) is 1.28. The van der Waals surface area contributed by atoms with Crippen molar-refractivity contribution in [3.63, 3.8) is 0 Å². The van der Waals surface area contributed by atoms with E-state index in [1.54, 1.807) is 18.2 Å². The highest BCUT2D eigenvalue weighted by Gasteiger charge is 2.17. The first-order valence-corrected chi connectivity index (χ1v) is 5.21. The van der Waals surface area contributed by atoms with Crippen molar-refractivity contribution in [3.05, 3.63) is 34.9 Å². The Bertz CT molecular complexity index is 412. The van der Waals surface area contributed by atoms with Crippen LogP contribution >= 0.6 is 15.9 Å². The molecule has 0 heterocycles. The molecule has 1 unspecified atom stereocenters. The van der Waals surface area contributed by atoms with Gasteiger partial charge in [-0.15, -0.1) is 0 Å². The second kappa shape index (κ2) is 4.98. The fourth-order valence-corrected chi connectivity index (χ4v) is 1.68. The fraction of sp³-hybridized carbons (Fsp3) is 0.182. The number of hydrogen-bond donors (Lipinski definition) is 0. The molecule has 0 fully saturated rings. The smallest absolute Gasteiger partial charge is 0.151 e. The number of Topliss-reactive ketones (excluding diaryl/α,β-unsaturated/α-hetero) is 1. The van der Waals surface area contributed by atoms with Crippen molar-refractivity contribution in [2.24, 2.45) is 0 Å². The summed E-state index contributed by atoms with van der Waals surface area (Å²) >= 11 is 3.18. The number of aldehydes is 2. The van der Waals surface area contributed by atoms with Crippen LogP contribution in [0.25, 0.3) is 0 Å². The topological polar surface area (TPSA) is 51.2 Å². The van der Waals surface area contributed by atoms with E-state index < -0.39 is 4.83 Å². The Hall–Kier alpha value is -1.29. The largest absolute Gasteiger partial charge is 0.298 e. The molecule has 0 bridgehead atoms. The average molecular weight is 269 g/mol. The van der Waals surface area contributed by atoms with Gasteiger partial charge in [-0.1, -0.05) is 34.1 Å². The van der Waals surface area contributed by atoms with Crippen LogP contribution in [0, 0.1) is 0 Å². The lowest BCUT2D eigenvalue weighted by Gasteiger charge is -2.10. The number of hydrogen-bond acceptors (Lipinski definition) is 3. The van der Waals surface area contributed by atoms with Gasteiger partial charge in [-0.3, -0.25) is 14.4 Å². The Morgan fingerprint density at radius 2 is 2.00 bits per heavy atom. The Morgan fingerprint density at radius 1 is 1.33 bits per heavy atom. The summed E-state index contributed by atoms with van der Waals surface area (Å²) in [6.45, 7) is 1.42. The minimum Gasteiger partial charge on any atom is -0.298 e. The summed E-state index contributed by atoms with van der Waals surface area (Å²) in [5, 5.41) is 0. The molecular weight excluding hydrogens is 260 g/mol. The molecule has 1 aromatic rings. The second-order valence-electron chi connectivity index (χ2n) is 3.06. The van der Waals surface area contributed by atoms with Gasteiger partial charge in [0.2, 0.25) is 0 Å². The van der Waals surface area contributed by atoms with Crippen LogP contribution in [0.1, 0.15) is 38.0 Å². The van der Waals surface area contributed by atoms with Crippen molar-refractivity contribution in [2.45, 2.75) is 11.8 Å². The minimum atomic E-state index is -0.544. The van der Waals surface area contributed by atoms with E-state index >= 15 is 0 Å². The van der Waals surface area contributed by atoms with Gasteiger partial charge in [0.1, 0.15) is 5.78 Å². The first kappa shape index (κ1) is 11.8. The average Bonchev–Trinajstić information content (AvgIpc) is 2.26. The normalized spacial score (nSPS) is 11.9. The molecule has 0 aliphatic rings. The highest BCUT2D eigenvalue weighted by atomic mass is 79.9. The Kier molecular flexibility index (Phi) is 3.91. The van der Waals surface area contributed by atoms with Crippen molar-refractivity contribution >= 4 is 34.3 Å². The molecule has 0 spiro atoms. The van der Waals surface area contributed by atoms with Gasteiger partial charge in [-0.25, -0.2) is 0 Å². The summed E-state index contributed by atoms with van der Waals surface area (Å²) in [7, 11) is 0. The highest BCUT2D eigenvalue weighted by molar-refractivity contribution is 9.09. The van der Waals surface area contributed by atoms with Crippen LogP contribution in [0.15, 0.2) is 18.2 Å². The van der Waals surface area contributed by atoms with Gasteiger partial charge >= 0.3 is 0 Å². The van der Waals surface area contributed by atoms with E-state index in [4.69, 9.17) is 0 Å². The first-order valence-electron chi connectivity index (χ1n) is 4.29. The number of rotatable bonds is 4. The summed E-state index contributed by atoms with van der Waals surface area (Å²) in [4.78, 5) is 32.1. The predicted octanol–water partition coefficient (Wildman–Crippen LogP) is 2.34. The highest BCUT2D eigenvalue weighted by Crippen LogP contribution is 2.27. The van der Waals surface area contributed by atoms with Crippen LogP contribution in [-0.2, 0) is 4.79 Å². The maximum atomic E-state index is 11.2. The van der Waals surface area contributed by atoms with Crippen molar-refractivity contribution in [1.82, 2.24) is 0 Å². The molecule has 4 heteroatoms. The molecule has 1 rings (SSSR count). The van der Waals surface area contributed by atoms with Gasteiger partial charge in [0, 0.05) is 11.1 Å². The van der Waals surface area contributed by atoms with Crippen LogP contribution in [-0.4, -0.2) is 18.4 Å². The standard InChI is InChI=1S/C11H9BrO3/c1-7(15)11(12)9-4-2-3-8(5-13)10(9)6-14/h2-6,11H,1H3. The number of alkyl halides is 1. The Labute approximate surface area is 95.6 Å². The van der Waals surface area contributed by atoms with Crippen LogP contribution in [0.4, 0.5) is 0 Å². The van der Waals surface area contributed by atoms with Crippen LogP contribution in [0.5, 0.6) is 0 Å². The number of ketones is 1. The summed E-state index contributed by atoms with van der Waals surface area (Å²) in [5.74, 6) is -0.110. The lowest BCUT2D eigenvalue weighted by molar-refractivity contribution is -0.116. The van der Waals surface area contributed by atoms with Crippen LogP contribution in [0.2, 0.25) is 0 Å². The minimum absolute atomic E-state index is 0.110. The molecule has 0 saturated heterocycles. The molecule has 15 heavy (non-hydrogen) atoms. The number of halogens is 1. The maximum absolute atomic E-state index is 11.2. The zero-order valence-corrected chi connectivity index (χ0v) is 9.65. The summed E-state index contributed by atoms with van der Waals surface area (Å²) in [6.07, 6.45) is 1.20. The molecule has 1 atom stereocenters. The molecule has 0 aliphatic carbocycles. The molecule has 0 N–H and O–H groups in total. The quantitative estimate of drug-likeness (QED) is 0.622. The summed E-state index contributed by atoms with van der Waals surface area (Å²) < 4.78 is 0. The van der Waals surface area contributed by atoms with E-state index in [9.17, 15) is 14.4 Å². The van der Waals surface area contributed by atoms with E-state index in [0.717, 1.165) is 0 Å². The SMILES string of the molecule is CC(=O)C(Br)c1cccc(C=O)c1C=O. The molecule has 0 saturated carbocycles. The van der Waals surface area contributed by atoms with Crippen LogP contribution < -0.4 is 0 Å². The summed E-state index contributed by atoms with van der Waals surface area (Å²) in [5.41, 5.74) is 1.10. The Morgan fingerprint density at radius 3 is 2.47 bits per heavy atom. The lowest BCUT2D eigenvalue weighted by atomic mass is 9.99. The molecular formula is C11H9BrO3. The van der Waals surface area contributed by atoms with Crippen molar-refractivity contribution < 1.29 is 14.4 Å². The third-order valence-corrected chi connectivity index (χ3v) is 3.19. The van der Waals surface area contributed by atoms with Gasteiger partial charge in [0.15, 0.2) is 12.6 Å². The maximum Gasteiger partial charge on any atom is 0.151 e. The zero-order chi connectivity index (χ0) is 11.4. The molecule has 0 amide bonds. The van der Waals surface area contributed by atoms with Crippen molar-refractivity contribution in [3.8, 4) is 0 Å². The second-order valence-corrected chi connectivity index (χ2v) is 3.97. The molecule has 3 nitrogen and oxygen atoms in total. The van der Waals surface area contributed by atoms with Gasteiger partial charge in [0.05, 0.1) is 4.83 Å². The number of carbonyl (C=O) groups excluding carboxylic acids is 3.